The highest BCUT2D eigenvalue weighted by atomic mass is 16.5. The Morgan fingerprint density at radius 2 is 1.90 bits per heavy atom. The molecule has 21 heavy (non-hydrogen) atoms. The molecule has 3 N–H and O–H groups in total. The normalized spacial score (nSPS) is 11.7. The van der Waals surface area contributed by atoms with E-state index in [1.165, 1.54) is 0 Å². The molecule has 0 spiro atoms. The molecule has 0 aliphatic heterocycles. The molecule has 1 unspecified atom stereocenters. The number of carboxylic acid groups (broad SMARTS) is 1. The minimum atomic E-state index is -1.16. The van der Waals surface area contributed by atoms with Crippen LogP contribution in [-0.2, 0) is 6.61 Å². The fraction of sp³-hybridized carbons (Fsp3) is 0.188. The SMILES string of the molecule is O=C(O)NCC(O)c1cccc(OCc2ccccc2)c1. The molecule has 110 valence electrons. The van der Waals surface area contributed by atoms with Gasteiger partial charge in [0, 0.05) is 0 Å². The third-order valence-corrected chi connectivity index (χ3v) is 2.94. The van der Waals surface area contributed by atoms with Crippen molar-refractivity contribution in [3.8, 4) is 5.75 Å². The molecule has 0 fully saturated rings. The first kappa shape index (κ1) is 14.9. The number of carbonyl (C=O) groups is 1. The lowest BCUT2D eigenvalue weighted by Crippen LogP contribution is -2.26. The van der Waals surface area contributed by atoms with Gasteiger partial charge in [-0.15, -0.1) is 0 Å². The van der Waals surface area contributed by atoms with Crippen molar-refractivity contribution >= 4 is 6.09 Å². The van der Waals surface area contributed by atoms with Crippen LogP contribution in [0.5, 0.6) is 5.75 Å². The van der Waals surface area contributed by atoms with Gasteiger partial charge in [-0.05, 0) is 23.3 Å². The van der Waals surface area contributed by atoms with Gasteiger partial charge in [-0.1, -0.05) is 42.5 Å². The van der Waals surface area contributed by atoms with Crippen LogP contribution in [0.1, 0.15) is 17.2 Å². The largest absolute Gasteiger partial charge is 0.489 e. The van der Waals surface area contributed by atoms with Crippen LogP contribution < -0.4 is 10.1 Å². The van der Waals surface area contributed by atoms with Gasteiger partial charge in [0.05, 0.1) is 12.6 Å². The molecule has 0 bridgehead atoms. The molecule has 0 saturated heterocycles. The van der Waals surface area contributed by atoms with E-state index in [-0.39, 0.29) is 6.54 Å². The maximum atomic E-state index is 10.4. The fourth-order valence-electron chi connectivity index (χ4n) is 1.85. The Kier molecular flexibility index (Phi) is 5.17. The summed E-state index contributed by atoms with van der Waals surface area (Å²) in [6.07, 6.45) is -2.06. The van der Waals surface area contributed by atoms with Crippen molar-refractivity contribution in [1.29, 1.82) is 0 Å². The van der Waals surface area contributed by atoms with Crippen LogP contribution in [-0.4, -0.2) is 22.9 Å². The predicted molar refractivity (Wildman–Crippen MR) is 78.2 cm³/mol. The minimum absolute atomic E-state index is 0.0581. The Balaban J connectivity index is 1.95. The van der Waals surface area contributed by atoms with Crippen molar-refractivity contribution < 1.29 is 19.7 Å². The molecule has 0 aliphatic carbocycles. The van der Waals surface area contributed by atoms with Crippen LogP contribution in [0, 0.1) is 0 Å². The summed E-state index contributed by atoms with van der Waals surface area (Å²) < 4.78 is 5.66. The van der Waals surface area contributed by atoms with Crippen molar-refractivity contribution in [3.63, 3.8) is 0 Å². The van der Waals surface area contributed by atoms with E-state index in [1.54, 1.807) is 24.3 Å². The molecule has 2 aromatic rings. The van der Waals surface area contributed by atoms with Crippen LogP contribution in [0.2, 0.25) is 0 Å². The maximum Gasteiger partial charge on any atom is 0.404 e. The first-order chi connectivity index (χ1) is 10.1. The summed E-state index contributed by atoms with van der Waals surface area (Å²) in [7, 11) is 0. The number of hydrogen-bond acceptors (Lipinski definition) is 3. The Morgan fingerprint density at radius 3 is 2.62 bits per heavy atom. The molecule has 0 heterocycles. The van der Waals surface area contributed by atoms with Crippen molar-refractivity contribution in [1.82, 2.24) is 5.32 Å². The second-order valence-electron chi connectivity index (χ2n) is 4.55. The van der Waals surface area contributed by atoms with E-state index in [0.29, 0.717) is 17.9 Å². The average molecular weight is 287 g/mol. The van der Waals surface area contributed by atoms with Gasteiger partial charge < -0.3 is 20.3 Å². The molecular weight excluding hydrogens is 270 g/mol. The molecule has 1 atom stereocenters. The topological polar surface area (TPSA) is 78.8 Å². The van der Waals surface area contributed by atoms with Gasteiger partial charge in [-0.2, -0.15) is 0 Å². The Hall–Kier alpha value is -2.53. The number of hydrogen-bond donors (Lipinski definition) is 3. The van der Waals surface area contributed by atoms with Gasteiger partial charge in [0.15, 0.2) is 0 Å². The standard InChI is InChI=1S/C16H17NO4/c18-15(10-17-16(19)20)13-7-4-8-14(9-13)21-11-12-5-2-1-3-6-12/h1-9,15,17-18H,10-11H2,(H,19,20). The minimum Gasteiger partial charge on any atom is -0.489 e. The van der Waals surface area contributed by atoms with Gasteiger partial charge in [-0.25, -0.2) is 4.79 Å². The number of amides is 1. The lowest BCUT2D eigenvalue weighted by molar-refractivity contribution is 0.158. The summed E-state index contributed by atoms with van der Waals surface area (Å²) >= 11 is 0. The number of benzene rings is 2. The molecule has 0 aliphatic rings. The quantitative estimate of drug-likeness (QED) is 0.763. The number of nitrogens with one attached hydrogen (secondary N) is 1. The number of aliphatic hydroxyl groups is 1. The summed E-state index contributed by atoms with van der Waals surface area (Å²) in [5.74, 6) is 0.630. The third-order valence-electron chi connectivity index (χ3n) is 2.94. The third kappa shape index (κ3) is 4.81. The zero-order valence-electron chi connectivity index (χ0n) is 11.4. The van der Waals surface area contributed by atoms with Gasteiger partial charge >= 0.3 is 6.09 Å². The van der Waals surface area contributed by atoms with Gasteiger partial charge in [0.25, 0.3) is 0 Å². The molecule has 2 aromatic carbocycles. The zero-order chi connectivity index (χ0) is 15.1. The van der Waals surface area contributed by atoms with E-state index < -0.39 is 12.2 Å². The van der Waals surface area contributed by atoms with Gasteiger partial charge in [0.1, 0.15) is 12.4 Å². The molecule has 0 saturated carbocycles. The molecule has 5 heteroatoms. The average Bonchev–Trinajstić information content (AvgIpc) is 2.52. The second-order valence-corrected chi connectivity index (χ2v) is 4.55. The second kappa shape index (κ2) is 7.31. The summed E-state index contributed by atoms with van der Waals surface area (Å²) in [4.78, 5) is 10.4. The Bertz CT molecular complexity index is 586. The van der Waals surface area contributed by atoms with E-state index in [1.807, 2.05) is 30.3 Å². The van der Waals surface area contributed by atoms with Crippen molar-refractivity contribution in [3.05, 3.63) is 65.7 Å². The summed E-state index contributed by atoms with van der Waals surface area (Å²) in [5.41, 5.74) is 1.66. The van der Waals surface area contributed by atoms with Crippen LogP contribution in [0.25, 0.3) is 0 Å². The summed E-state index contributed by atoms with van der Waals surface area (Å²) in [5, 5.41) is 20.6. The lowest BCUT2D eigenvalue weighted by Gasteiger charge is -2.13. The number of aliphatic hydroxyl groups excluding tert-OH is 1. The van der Waals surface area contributed by atoms with E-state index >= 15 is 0 Å². The van der Waals surface area contributed by atoms with Crippen LogP contribution in [0.3, 0.4) is 0 Å². The van der Waals surface area contributed by atoms with Crippen molar-refractivity contribution in [2.24, 2.45) is 0 Å². The molecule has 2 rings (SSSR count). The monoisotopic (exact) mass is 287 g/mol. The van der Waals surface area contributed by atoms with Crippen LogP contribution >= 0.6 is 0 Å². The summed E-state index contributed by atoms with van der Waals surface area (Å²) in [6, 6.07) is 16.7. The number of ether oxygens (including phenoxy) is 1. The van der Waals surface area contributed by atoms with Gasteiger partial charge in [-0.3, -0.25) is 0 Å². The van der Waals surface area contributed by atoms with E-state index in [9.17, 15) is 9.90 Å². The zero-order valence-corrected chi connectivity index (χ0v) is 11.4. The van der Waals surface area contributed by atoms with Gasteiger partial charge in [0.2, 0.25) is 0 Å². The van der Waals surface area contributed by atoms with Crippen LogP contribution in [0.4, 0.5) is 4.79 Å². The highest BCUT2D eigenvalue weighted by molar-refractivity contribution is 5.64. The van der Waals surface area contributed by atoms with E-state index in [4.69, 9.17) is 9.84 Å². The Morgan fingerprint density at radius 1 is 1.14 bits per heavy atom. The smallest absolute Gasteiger partial charge is 0.404 e. The molecular formula is C16H17NO4. The lowest BCUT2D eigenvalue weighted by atomic mass is 10.1. The first-order valence-electron chi connectivity index (χ1n) is 6.56. The van der Waals surface area contributed by atoms with Crippen LogP contribution in [0.15, 0.2) is 54.6 Å². The maximum absolute atomic E-state index is 10.4. The summed E-state index contributed by atoms with van der Waals surface area (Å²) in [6.45, 7) is 0.380. The highest BCUT2D eigenvalue weighted by Gasteiger charge is 2.09. The highest BCUT2D eigenvalue weighted by Crippen LogP contribution is 2.20. The molecule has 5 nitrogen and oxygen atoms in total. The molecule has 0 radical (unpaired) electrons. The molecule has 0 aromatic heterocycles. The Labute approximate surface area is 122 Å². The first-order valence-corrected chi connectivity index (χ1v) is 6.56. The van der Waals surface area contributed by atoms with E-state index in [2.05, 4.69) is 5.32 Å². The molecule has 1 amide bonds. The van der Waals surface area contributed by atoms with Crippen molar-refractivity contribution in [2.45, 2.75) is 12.7 Å². The van der Waals surface area contributed by atoms with E-state index in [0.717, 1.165) is 5.56 Å². The number of rotatable bonds is 6. The fourth-order valence-corrected chi connectivity index (χ4v) is 1.85. The van der Waals surface area contributed by atoms with Crippen molar-refractivity contribution in [2.75, 3.05) is 6.54 Å². The predicted octanol–water partition coefficient (Wildman–Crippen LogP) is 2.57.